The molecule has 0 saturated carbocycles. The number of allylic oxidation sites excluding steroid dienone is 1. The Morgan fingerprint density at radius 3 is 2.48 bits per heavy atom. The molecule has 0 spiro atoms. The lowest BCUT2D eigenvalue weighted by atomic mass is 10.0. The zero-order chi connectivity index (χ0) is 19.0. The van der Waals surface area contributed by atoms with Gasteiger partial charge < -0.3 is 25.2 Å². The second-order valence-corrected chi connectivity index (χ2v) is 7.51. The highest BCUT2D eigenvalue weighted by molar-refractivity contribution is 8.14. The molecule has 146 valence electrons. The molecule has 1 aliphatic rings. The summed E-state index contributed by atoms with van der Waals surface area (Å²) in [6.45, 7) is 2.99. The number of aliphatic hydroxyl groups is 4. The van der Waals surface area contributed by atoms with Crippen LogP contribution >= 0.6 is 11.8 Å². The molecule has 0 amide bonds. The Kier molecular flexibility index (Phi) is 9.30. The zero-order valence-electron chi connectivity index (χ0n) is 13.3. The van der Waals surface area contributed by atoms with E-state index in [1.54, 1.807) is 6.08 Å². The molecule has 0 bridgehead atoms. The molecule has 1 fully saturated rings. The van der Waals surface area contributed by atoms with Crippen molar-refractivity contribution in [3.05, 3.63) is 12.7 Å². The van der Waals surface area contributed by atoms with Gasteiger partial charge in [0, 0.05) is 0 Å². The van der Waals surface area contributed by atoms with Crippen LogP contribution in [-0.4, -0.2) is 74.9 Å². The van der Waals surface area contributed by atoms with Gasteiger partial charge in [-0.2, -0.15) is 8.42 Å². The van der Waals surface area contributed by atoms with Crippen LogP contribution in [0.5, 0.6) is 0 Å². The smallest absolute Gasteiger partial charge is 0.394 e. The van der Waals surface area contributed by atoms with E-state index >= 15 is 0 Å². The summed E-state index contributed by atoms with van der Waals surface area (Å²) >= 11 is 0.767. The largest absolute Gasteiger partial charge is 0.466 e. The van der Waals surface area contributed by atoms with Crippen LogP contribution in [0.2, 0.25) is 0 Å². The quantitative estimate of drug-likeness (QED) is 0.0840. The van der Waals surface area contributed by atoms with Gasteiger partial charge in [-0.15, -0.1) is 6.58 Å². The predicted molar refractivity (Wildman–Crippen MR) is 90.1 cm³/mol. The number of oxime groups is 1. The first-order valence-corrected chi connectivity index (χ1v) is 9.75. The molecule has 12 heteroatoms. The lowest BCUT2D eigenvalue weighted by Gasteiger charge is -2.39. The molecule has 1 saturated heterocycles. The summed E-state index contributed by atoms with van der Waals surface area (Å²) in [4.78, 5) is 0. The monoisotopic (exact) mass is 401 g/mol. The van der Waals surface area contributed by atoms with E-state index in [1.807, 2.05) is 0 Å². The highest BCUT2D eigenvalue weighted by Crippen LogP contribution is 2.30. The molecule has 0 radical (unpaired) electrons. The number of aliphatic hydroxyl groups excluding tert-OH is 4. The molecular formula is C13H23NO9S2. The zero-order valence-corrected chi connectivity index (χ0v) is 15.0. The lowest BCUT2D eigenvalue weighted by Crippen LogP contribution is -2.57. The van der Waals surface area contributed by atoms with Crippen molar-refractivity contribution in [3.63, 3.8) is 0 Å². The number of nitrogens with zero attached hydrogens (tertiary/aromatic N) is 1. The Labute approximate surface area is 150 Å². The Hall–Kier alpha value is -0.730. The van der Waals surface area contributed by atoms with E-state index in [-0.39, 0.29) is 11.5 Å². The standard InChI is InChI=1S/C13H23NO9S2/c1-2-3-4-5-6-9(14-23-25(19,20)21)24-13-12(18)11(17)10(16)8(7-15)22-13/h2,8,10-13,15-18H,1,3-7H2,(H,19,20,21). The number of hydrogen-bond acceptors (Lipinski definition) is 10. The van der Waals surface area contributed by atoms with Crippen LogP contribution in [-0.2, 0) is 19.4 Å². The van der Waals surface area contributed by atoms with Crippen molar-refractivity contribution < 1.29 is 42.4 Å². The molecule has 5 unspecified atom stereocenters. The van der Waals surface area contributed by atoms with Crippen molar-refractivity contribution in [2.24, 2.45) is 5.16 Å². The van der Waals surface area contributed by atoms with Gasteiger partial charge in [0.15, 0.2) is 0 Å². The Morgan fingerprint density at radius 2 is 1.92 bits per heavy atom. The van der Waals surface area contributed by atoms with Crippen LogP contribution in [0.1, 0.15) is 25.7 Å². The van der Waals surface area contributed by atoms with E-state index in [1.165, 1.54) is 0 Å². The molecule has 1 heterocycles. The molecule has 0 aromatic rings. The van der Waals surface area contributed by atoms with Gasteiger partial charge in [0.25, 0.3) is 0 Å². The molecule has 25 heavy (non-hydrogen) atoms. The van der Waals surface area contributed by atoms with Gasteiger partial charge >= 0.3 is 10.4 Å². The molecule has 5 atom stereocenters. The van der Waals surface area contributed by atoms with Gasteiger partial charge in [-0.05, 0) is 25.7 Å². The summed E-state index contributed by atoms with van der Waals surface area (Å²) in [5.41, 5.74) is -1.13. The normalized spacial score (nSPS) is 30.9. The molecule has 0 aliphatic carbocycles. The van der Waals surface area contributed by atoms with Gasteiger partial charge in [-0.3, -0.25) is 4.55 Å². The minimum Gasteiger partial charge on any atom is -0.394 e. The number of hydrogen-bond donors (Lipinski definition) is 5. The highest BCUT2D eigenvalue weighted by atomic mass is 32.3. The molecule has 5 N–H and O–H groups in total. The first-order chi connectivity index (χ1) is 11.7. The van der Waals surface area contributed by atoms with Crippen molar-refractivity contribution >= 4 is 27.2 Å². The number of ether oxygens (including phenoxy) is 1. The summed E-state index contributed by atoms with van der Waals surface area (Å²) < 4.78 is 39.3. The van der Waals surface area contributed by atoms with Gasteiger partial charge in [-0.1, -0.05) is 23.0 Å². The fraction of sp³-hybridized carbons (Fsp3) is 0.769. The van der Waals surface area contributed by atoms with E-state index in [9.17, 15) is 23.7 Å². The number of rotatable bonds is 9. The molecule has 0 aromatic heterocycles. The molecule has 1 rings (SSSR count). The first-order valence-electron chi connectivity index (χ1n) is 7.50. The van der Waals surface area contributed by atoms with Crippen molar-refractivity contribution in [2.75, 3.05) is 6.61 Å². The summed E-state index contributed by atoms with van der Waals surface area (Å²) in [6.07, 6.45) is -1.64. The predicted octanol–water partition coefficient (Wildman–Crippen LogP) is -0.601. The van der Waals surface area contributed by atoms with E-state index in [0.717, 1.165) is 24.6 Å². The first kappa shape index (κ1) is 22.3. The maximum atomic E-state index is 10.7. The Bertz CT molecular complexity index is 552. The Morgan fingerprint density at radius 1 is 1.24 bits per heavy atom. The van der Waals surface area contributed by atoms with Gasteiger partial charge in [-0.25, -0.2) is 4.28 Å². The molecule has 10 nitrogen and oxygen atoms in total. The minimum atomic E-state index is -4.79. The van der Waals surface area contributed by atoms with E-state index in [2.05, 4.69) is 16.0 Å². The van der Waals surface area contributed by atoms with Crippen LogP contribution in [0, 0.1) is 0 Å². The van der Waals surface area contributed by atoms with Crippen LogP contribution < -0.4 is 0 Å². The van der Waals surface area contributed by atoms with E-state index in [4.69, 9.17) is 14.4 Å². The topological polar surface area (TPSA) is 166 Å². The van der Waals surface area contributed by atoms with E-state index in [0.29, 0.717) is 6.42 Å². The fourth-order valence-corrected chi connectivity index (χ4v) is 3.42. The van der Waals surface area contributed by atoms with Gasteiger partial charge in [0.2, 0.25) is 0 Å². The third-order valence-corrected chi connectivity index (χ3v) is 4.82. The second-order valence-electron chi connectivity index (χ2n) is 5.34. The third kappa shape index (κ3) is 7.58. The average molecular weight is 401 g/mol. The third-order valence-electron chi connectivity index (χ3n) is 3.38. The number of thioether (sulfide) groups is 1. The summed E-state index contributed by atoms with van der Waals surface area (Å²) in [7, 11) is -4.79. The van der Waals surface area contributed by atoms with Crippen LogP contribution in [0.4, 0.5) is 0 Å². The number of unbranched alkanes of at least 4 members (excludes halogenated alkanes) is 2. The fourth-order valence-electron chi connectivity index (χ4n) is 2.08. The second kappa shape index (κ2) is 10.4. The van der Waals surface area contributed by atoms with Crippen LogP contribution in [0.15, 0.2) is 17.8 Å². The summed E-state index contributed by atoms with van der Waals surface area (Å²) in [5.74, 6) is 0. The van der Waals surface area contributed by atoms with Crippen molar-refractivity contribution in [3.8, 4) is 0 Å². The molecule has 0 aromatic carbocycles. The summed E-state index contributed by atoms with van der Waals surface area (Å²) in [6, 6.07) is 0. The van der Waals surface area contributed by atoms with Crippen molar-refractivity contribution in [2.45, 2.75) is 55.5 Å². The van der Waals surface area contributed by atoms with Crippen molar-refractivity contribution in [1.82, 2.24) is 0 Å². The van der Waals surface area contributed by atoms with Crippen LogP contribution in [0.3, 0.4) is 0 Å². The Balaban J connectivity index is 2.81. The van der Waals surface area contributed by atoms with Crippen LogP contribution in [0.25, 0.3) is 0 Å². The molecular weight excluding hydrogens is 378 g/mol. The lowest BCUT2D eigenvalue weighted by molar-refractivity contribution is -0.205. The van der Waals surface area contributed by atoms with E-state index < -0.39 is 46.9 Å². The average Bonchev–Trinajstić information content (AvgIpc) is 2.55. The summed E-state index contributed by atoms with van der Waals surface area (Å²) in [5, 5.41) is 42.1. The SMILES string of the molecule is C=CCCCCC(=NOS(=O)(=O)O)SC1OC(CO)C(O)C(O)C1O. The molecule has 1 aliphatic heterocycles. The van der Waals surface area contributed by atoms with Gasteiger partial charge in [0.1, 0.15) is 34.9 Å². The van der Waals surface area contributed by atoms with Gasteiger partial charge in [0.05, 0.1) is 6.61 Å². The van der Waals surface area contributed by atoms with Crippen molar-refractivity contribution in [1.29, 1.82) is 0 Å². The minimum absolute atomic E-state index is 0.0889. The highest BCUT2D eigenvalue weighted by Gasteiger charge is 2.44. The maximum absolute atomic E-state index is 10.7. The maximum Gasteiger partial charge on any atom is 0.466 e.